The van der Waals surface area contributed by atoms with E-state index in [0.29, 0.717) is 0 Å². The van der Waals surface area contributed by atoms with Crippen molar-refractivity contribution in [1.82, 2.24) is 0 Å². The van der Waals surface area contributed by atoms with Gasteiger partial charge in [0.1, 0.15) is 0 Å². The van der Waals surface area contributed by atoms with Gasteiger partial charge in [0.25, 0.3) is 0 Å². The van der Waals surface area contributed by atoms with Gasteiger partial charge in [-0.2, -0.15) is 0 Å². The van der Waals surface area contributed by atoms with E-state index in [-0.39, 0.29) is 0 Å². The van der Waals surface area contributed by atoms with Crippen LogP contribution in [0.15, 0.2) is 23.8 Å². The van der Waals surface area contributed by atoms with Crippen LogP contribution >= 0.6 is 0 Å². The first-order chi connectivity index (χ1) is 5.29. The molecule has 0 heterocycles. The molecule has 1 aliphatic rings. The number of allylic oxidation sites excluding steroid dienone is 3. The van der Waals surface area contributed by atoms with Gasteiger partial charge in [0, 0.05) is 6.42 Å². The molecule has 0 N–H and O–H groups in total. The topological polar surface area (TPSA) is 0 Å². The molecular formula is C11H17. The summed E-state index contributed by atoms with van der Waals surface area (Å²) in [4.78, 5) is 0. The van der Waals surface area contributed by atoms with Crippen LogP contribution in [0, 0.1) is 12.3 Å². The highest BCUT2D eigenvalue weighted by molar-refractivity contribution is 5.53. The summed E-state index contributed by atoms with van der Waals surface area (Å²) in [5.74, 6) is 0.727. The lowest BCUT2D eigenvalue weighted by molar-refractivity contribution is 0.543. The first-order valence-electron chi connectivity index (χ1n) is 4.53. The third kappa shape index (κ3) is 2.21. The Balaban J connectivity index is 2.39. The van der Waals surface area contributed by atoms with Crippen LogP contribution in [0.3, 0.4) is 0 Å². The second kappa shape index (κ2) is 3.75. The maximum absolute atomic E-state index is 4.11. The molecule has 0 fully saturated rings. The summed E-state index contributed by atoms with van der Waals surface area (Å²) in [7, 11) is 0. The van der Waals surface area contributed by atoms with Crippen molar-refractivity contribution >= 4 is 0 Å². The van der Waals surface area contributed by atoms with Gasteiger partial charge in [0.2, 0.25) is 0 Å². The molecule has 0 aromatic rings. The normalized spacial score (nSPS) is 17.5. The molecule has 0 saturated carbocycles. The van der Waals surface area contributed by atoms with E-state index in [9.17, 15) is 0 Å². The lowest BCUT2D eigenvalue weighted by Gasteiger charge is -2.14. The van der Waals surface area contributed by atoms with Gasteiger partial charge >= 0.3 is 0 Å². The first kappa shape index (κ1) is 8.58. The van der Waals surface area contributed by atoms with Crippen LogP contribution in [0.2, 0.25) is 0 Å². The number of hydrogen-bond acceptors (Lipinski definition) is 0. The van der Waals surface area contributed by atoms with Crippen molar-refractivity contribution in [3.63, 3.8) is 0 Å². The average molecular weight is 149 g/mol. The fourth-order valence-corrected chi connectivity index (χ4v) is 1.46. The molecule has 61 valence electrons. The molecule has 1 radical (unpaired) electrons. The van der Waals surface area contributed by atoms with Crippen LogP contribution < -0.4 is 0 Å². The molecule has 0 heteroatoms. The maximum Gasteiger partial charge on any atom is 0.0127 e. The molecular weight excluding hydrogens is 132 g/mol. The monoisotopic (exact) mass is 149 g/mol. The lowest BCUT2D eigenvalue weighted by Crippen LogP contribution is -2.00. The standard InChI is InChI=1S/C11H17/c1-4-6-10(5-2)9(3)11-7-8-11/h7-8,10H,3-6H2,1-2H3. The zero-order valence-electron chi connectivity index (χ0n) is 7.56. The van der Waals surface area contributed by atoms with Crippen LogP contribution in [0.5, 0.6) is 0 Å². The first-order valence-corrected chi connectivity index (χ1v) is 4.53. The molecule has 0 aliphatic heterocycles. The largest absolute Gasteiger partial charge is 0.0953 e. The van der Waals surface area contributed by atoms with Crippen molar-refractivity contribution in [1.29, 1.82) is 0 Å². The van der Waals surface area contributed by atoms with Crippen molar-refractivity contribution in [2.24, 2.45) is 5.92 Å². The van der Waals surface area contributed by atoms with Gasteiger partial charge in [-0.3, -0.25) is 0 Å². The Hall–Kier alpha value is -0.520. The Morgan fingerprint density at radius 2 is 2.18 bits per heavy atom. The number of rotatable bonds is 5. The molecule has 1 rings (SSSR count). The maximum atomic E-state index is 4.11. The Bertz CT molecular complexity index is 174. The highest BCUT2D eigenvalue weighted by atomic mass is 14.2. The van der Waals surface area contributed by atoms with Gasteiger partial charge in [-0.05, 0) is 29.9 Å². The molecule has 1 atom stereocenters. The van der Waals surface area contributed by atoms with E-state index in [4.69, 9.17) is 0 Å². The molecule has 0 bridgehead atoms. The second-order valence-electron chi connectivity index (χ2n) is 3.21. The Morgan fingerprint density at radius 1 is 1.55 bits per heavy atom. The highest BCUT2D eigenvalue weighted by Gasteiger charge is 2.18. The number of hydrogen-bond donors (Lipinski definition) is 0. The smallest absolute Gasteiger partial charge is 0.0127 e. The summed E-state index contributed by atoms with van der Waals surface area (Å²) in [6.07, 6.45) is 8.10. The molecule has 0 aromatic heterocycles. The zero-order chi connectivity index (χ0) is 8.27. The lowest BCUT2D eigenvalue weighted by atomic mass is 9.91. The van der Waals surface area contributed by atoms with E-state index < -0.39 is 0 Å². The van der Waals surface area contributed by atoms with Crippen LogP contribution in [0.4, 0.5) is 0 Å². The summed E-state index contributed by atoms with van der Waals surface area (Å²) < 4.78 is 0. The molecule has 1 aliphatic carbocycles. The fraction of sp³-hybridized carbons (Fsp3) is 0.545. The Kier molecular flexibility index (Phi) is 2.92. The van der Waals surface area contributed by atoms with Gasteiger partial charge in [-0.15, -0.1) is 0 Å². The van der Waals surface area contributed by atoms with Crippen molar-refractivity contribution in [2.75, 3.05) is 0 Å². The summed E-state index contributed by atoms with van der Waals surface area (Å²) in [6.45, 7) is 8.59. The van der Waals surface area contributed by atoms with E-state index >= 15 is 0 Å². The third-order valence-corrected chi connectivity index (χ3v) is 2.33. The third-order valence-electron chi connectivity index (χ3n) is 2.33. The van der Waals surface area contributed by atoms with Crippen molar-refractivity contribution in [3.05, 3.63) is 30.2 Å². The van der Waals surface area contributed by atoms with E-state index in [2.05, 4.69) is 32.9 Å². The minimum Gasteiger partial charge on any atom is -0.0953 e. The minimum absolute atomic E-state index is 0.727. The van der Waals surface area contributed by atoms with E-state index in [1.807, 2.05) is 0 Å². The van der Waals surface area contributed by atoms with E-state index in [1.165, 1.54) is 30.4 Å². The molecule has 0 nitrogen and oxygen atoms in total. The molecule has 0 aromatic carbocycles. The van der Waals surface area contributed by atoms with Crippen molar-refractivity contribution < 1.29 is 0 Å². The van der Waals surface area contributed by atoms with Crippen LogP contribution in [-0.4, -0.2) is 0 Å². The molecule has 0 spiro atoms. The molecule has 1 unspecified atom stereocenters. The second-order valence-corrected chi connectivity index (χ2v) is 3.21. The minimum atomic E-state index is 0.727. The van der Waals surface area contributed by atoms with Gasteiger partial charge in [0.15, 0.2) is 0 Å². The fourth-order valence-electron chi connectivity index (χ4n) is 1.46. The predicted molar refractivity (Wildman–Crippen MR) is 50.2 cm³/mol. The van der Waals surface area contributed by atoms with Gasteiger partial charge in [0.05, 0.1) is 0 Å². The zero-order valence-corrected chi connectivity index (χ0v) is 7.56. The summed E-state index contributed by atoms with van der Waals surface area (Å²) in [5.41, 5.74) is 2.75. The van der Waals surface area contributed by atoms with E-state index in [1.54, 1.807) is 0 Å². The molecule has 11 heavy (non-hydrogen) atoms. The van der Waals surface area contributed by atoms with Gasteiger partial charge in [-0.25, -0.2) is 0 Å². The van der Waals surface area contributed by atoms with E-state index in [0.717, 1.165) is 5.92 Å². The van der Waals surface area contributed by atoms with Crippen molar-refractivity contribution in [3.8, 4) is 0 Å². The molecule has 0 saturated heterocycles. The van der Waals surface area contributed by atoms with Gasteiger partial charge < -0.3 is 0 Å². The summed E-state index contributed by atoms with van der Waals surface area (Å²) in [6, 6.07) is 0. The van der Waals surface area contributed by atoms with Gasteiger partial charge in [-0.1, -0.05) is 32.9 Å². The molecule has 0 amide bonds. The predicted octanol–water partition coefficient (Wildman–Crippen LogP) is 3.51. The van der Waals surface area contributed by atoms with Crippen molar-refractivity contribution in [2.45, 2.75) is 33.1 Å². The SMILES string of the molecule is C=C(C1=C[CH]1)C(CC)CCC. The quantitative estimate of drug-likeness (QED) is 0.561. The Morgan fingerprint density at radius 3 is 2.55 bits per heavy atom. The summed E-state index contributed by atoms with van der Waals surface area (Å²) in [5, 5.41) is 0. The van der Waals surface area contributed by atoms with Crippen LogP contribution in [0.1, 0.15) is 33.1 Å². The Labute approximate surface area is 70.0 Å². The average Bonchev–Trinajstić information content (AvgIpc) is 2.81. The summed E-state index contributed by atoms with van der Waals surface area (Å²) >= 11 is 0. The van der Waals surface area contributed by atoms with Crippen LogP contribution in [-0.2, 0) is 0 Å². The van der Waals surface area contributed by atoms with Crippen LogP contribution in [0.25, 0.3) is 0 Å². The highest BCUT2D eigenvalue weighted by Crippen LogP contribution is 2.33.